The van der Waals surface area contributed by atoms with Gasteiger partial charge < -0.3 is 9.63 Å². The summed E-state index contributed by atoms with van der Waals surface area (Å²) in [4.78, 5) is 0. The fraction of sp³-hybridized carbons (Fsp3) is 0.571. The minimum Gasteiger partial charge on any atom is -0.396 e. The quantitative estimate of drug-likeness (QED) is 0.403. The van der Waals surface area contributed by atoms with Crippen LogP contribution in [0.4, 0.5) is 0 Å². The molecule has 0 saturated carbocycles. The normalized spacial score (nSPS) is 14.2. The first-order valence-electron chi connectivity index (χ1n) is 6.36. The number of aliphatic hydroxyl groups excluding tert-OH is 1. The summed E-state index contributed by atoms with van der Waals surface area (Å²) in [5.41, 5.74) is 1.23. The van der Waals surface area contributed by atoms with E-state index in [-0.39, 0.29) is 18.1 Å². The molecule has 2 atom stereocenters. The molecule has 0 bridgehead atoms. The molecule has 0 aliphatic carbocycles. The Labute approximate surface area is 139 Å². The molecule has 0 aromatic heterocycles. The summed E-state index contributed by atoms with van der Waals surface area (Å²) in [5, 5.41) is 9.28. The number of aliphatic hydroxyl groups is 1. The van der Waals surface area contributed by atoms with Crippen LogP contribution in [-0.2, 0) is 4.52 Å². The molecule has 5 heteroatoms. The van der Waals surface area contributed by atoms with E-state index >= 15 is 0 Å². The lowest BCUT2D eigenvalue weighted by atomic mass is 9.87. The van der Waals surface area contributed by atoms with Gasteiger partial charge >= 0.3 is 0 Å². The van der Waals surface area contributed by atoms with Crippen LogP contribution in [0.2, 0.25) is 0 Å². The highest BCUT2D eigenvalue weighted by Crippen LogP contribution is 2.36. The lowest BCUT2D eigenvalue weighted by Crippen LogP contribution is -2.16. The van der Waals surface area contributed by atoms with Crippen LogP contribution in [0.3, 0.4) is 0 Å². The summed E-state index contributed by atoms with van der Waals surface area (Å²) >= 11 is 5.77. The number of halogens is 2. The average molecular weight is 459 g/mol. The SMILES string of the molecule is CC(C)(CO)CCCC(OPI)c1cccc(Br)c1. The Kier molecular flexibility index (Phi) is 8.38. The van der Waals surface area contributed by atoms with Crippen molar-refractivity contribution in [1.29, 1.82) is 0 Å². The summed E-state index contributed by atoms with van der Waals surface area (Å²) in [7, 11) is 0. The summed E-state index contributed by atoms with van der Waals surface area (Å²) < 4.78 is 6.95. The van der Waals surface area contributed by atoms with E-state index < -0.39 is 0 Å². The predicted molar refractivity (Wildman–Crippen MR) is 95.0 cm³/mol. The Balaban J connectivity index is 2.58. The van der Waals surface area contributed by atoms with Crippen molar-refractivity contribution >= 4 is 44.4 Å². The Hall–Kier alpha value is 0.780. The molecule has 0 radical (unpaired) electrons. The van der Waals surface area contributed by atoms with Crippen molar-refractivity contribution in [3.8, 4) is 0 Å². The molecule has 0 spiro atoms. The number of benzene rings is 1. The number of hydrogen-bond donors (Lipinski definition) is 1. The third-order valence-corrected chi connectivity index (χ3v) is 4.78. The van der Waals surface area contributed by atoms with E-state index in [4.69, 9.17) is 4.52 Å². The lowest BCUT2D eigenvalue weighted by molar-refractivity contribution is 0.139. The highest BCUT2D eigenvalue weighted by molar-refractivity contribution is 14.2. The van der Waals surface area contributed by atoms with E-state index in [0.29, 0.717) is 6.45 Å². The maximum atomic E-state index is 9.28. The summed E-state index contributed by atoms with van der Waals surface area (Å²) in [5.74, 6) is 0. The van der Waals surface area contributed by atoms with Gasteiger partial charge in [-0.25, -0.2) is 0 Å². The predicted octanol–water partition coefficient (Wildman–Crippen LogP) is 5.64. The van der Waals surface area contributed by atoms with Crippen LogP contribution in [0.15, 0.2) is 28.7 Å². The molecule has 1 aromatic carbocycles. The smallest absolute Gasteiger partial charge is 0.0874 e. The standard InChI is InChI=1S/C14H21BrIO2P/c1-14(2,10-17)8-4-7-13(18-19-16)11-5-3-6-12(15)9-11/h3,5-6,9,13,17,19H,4,7-8,10H2,1-2H3. The van der Waals surface area contributed by atoms with Crippen molar-refractivity contribution in [2.24, 2.45) is 5.41 Å². The minimum absolute atomic E-state index is 0.00836. The Morgan fingerprint density at radius 3 is 2.79 bits per heavy atom. The number of hydrogen-bond acceptors (Lipinski definition) is 2. The van der Waals surface area contributed by atoms with Gasteiger partial charge in [0.05, 0.1) is 12.6 Å². The van der Waals surface area contributed by atoms with E-state index in [0.717, 1.165) is 23.7 Å². The van der Waals surface area contributed by atoms with Crippen molar-refractivity contribution in [2.75, 3.05) is 6.61 Å². The van der Waals surface area contributed by atoms with Crippen LogP contribution >= 0.6 is 44.4 Å². The Bertz CT molecular complexity index is 387. The van der Waals surface area contributed by atoms with Crippen molar-refractivity contribution < 1.29 is 9.63 Å². The van der Waals surface area contributed by atoms with Gasteiger partial charge in [0.25, 0.3) is 0 Å². The van der Waals surface area contributed by atoms with Gasteiger partial charge in [-0.1, -0.05) is 41.9 Å². The van der Waals surface area contributed by atoms with Crippen molar-refractivity contribution in [2.45, 2.75) is 39.2 Å². The highest BCUT2D eigenvalue weighted by Gasteiger charge is 2.18. The monoisotopic (exact) mass is 458 g/mol. The largest absolute Gasteiger partial charge is 0.396 e. The molecular formula is C14H21BrIO2P. The molecule has 108 valence electrons. The maximum absolute atomic E-state index is 9.28. The van der Waals surface area contributed by atoms with Gasteiger partial charge in [0, 0.05) is 11.1 Å². The molecule has 0 aliphatic rings. The maximum Gasteiger partial charge on any atom is 0.0874 e. The Morgan fingerprint density at radius 2 is 2.21 bits per heavy atom. The number of rotatable bonds is 8. The average Bonchev–Trinajstić information content (AvgIpc) is 2.37. The van der Waals surface area contributed by atoms with Crippen LogP contribution in [-0.4, -0.2) is 11.7 Å². The third-order valence-electron chi connectivity index (χ3n) is 3.16. The topological polar surface area (TPSA) is 29.5 Å². The highest BCUT2D eigenvalue weighted by atomic mass is 127. The van der Waals surface area contributed by atoms with E-state index in [1.807, 2.05) is 12.1 Å². The van der Waals surface area contributed by atoms with Gasteiger partial charge in [0.15, 0.2) is 0 Å². The first-order valence-corrected chi connectivity index (χ1v) is 11.2. The van der Waals surface area contributed by atoms with Crippen molar-refractivity contribution in [3.63, 3.8) is 0 Å². The minimum atomic E-state index is 0.00836. The van der Waals surface area contributed by atoms with Gasteiger partial charge in [-0.2, -0.15) is 0 Å². The van der Waals surface area contributed by atoms with Crippen LogP contribution in [0.1, 0.15) is 44.8 Å². The zero-order valence-electron chi connectivity index (χ0n) is 11.3. The fourth-order valence-corrected chi connectivity index (χ4v) is 3.60. The molecule has 0 fully saturated rings. The van der Waals surface area contributed by atoms with E-state index in [9.17, 15) is 5.11 Å². The summed E-state index contributed by atoms with van der Waals surface area (Å²) in [6, 6.07) is 8.31. The Morgan fingerprint density at radius 1 is 1.47 bits per heavy atom. The molecule has 1 aromatic rings. The van der Waals surface area contributed by atoms with E-state index in [1.54, 1.807) is 0 Å². The first-order chi connectivity index (χ1) is 8.98. The fourth-order valence-electron chi connectivity index (χ4n) is 1.90. The molecule has 2 unspecified atom stereocenters. The van der Waals surface area contributed by atoms with Crippen LogP contribution in [0.5, 0.6) is 0 Å². The molecule has 2 nitrogen and oxygen atoms in total. The molecule has 0 heterocycles. The first kappa shape index (κ1) is 17.8. The van der Waals surface area contributed by atoms with Crippen LogP contribution < -0.4 is 0 Å². The van der Waals surface area contributed by atoms with Crippen molar-refractivity contribution in [1.82, 2.24) is 0 Å². The molecule has 1 rings (SSSR count). The zero-order valence-corrected chi connectivity index (χ0v) is 16.1. The molecule has 0 amide bonds. The van der Waals surface area contributed by atoms with Crippen molar-refractivity contribution in [3.05, 3.63) is 34.3 Å². The molecule has 0 aliphatic heterocycles. The van der Waals surface area contributed by atoms with Crippen LogP contribution in [0, 0.1) is 5.41 Å². The van der Waals surface area contributed by atoms with Gasteiger partial charge in [0.1, 0.15) is 0 Å². The van der Waals surface area contributed by atoms with Gasteiger partial charge in [-0.15, -0.1) is 0 Å². The second-order valence-corrected chi connectivity index (χ2v) is 8.08. The molecule has 1 N–H and O–H groups in total. The van der Waals surface area contributed by atoms with Gasteiger partial charge in [-0.05, 0) is 64.4 Å². The zero-order chi connectivity index (χ0) is 14.3. The lowest BCUT2D eigenvalue weighted by Gasteiger charge is -2.23. The molecule has 0 saturated heterocycles. The van der Waals surface area contributed by atoms with Gasteiger partial charge in [0.2, 0.25) is 0 Å². The molecular weight excluding hydrogens is 438 g/mol. The third kappa shape index (κ3) is 6.85. The van der Waals surface area contributed by atoms with Crippen LogP contribution in [0.25, 0.3) is 0 Å². The van der Waals surface area contributed by atoms with Gasteiger partial charge in [-0.3, -0.25) is 0 Å². The molecule has 19 heavy (non-hydrogen) atoms. The summed E-state index contributed by atoms with van der Waals surface area (Å²) in [6.07, 6.45) is 3.23. The van der Waals surface area contributed by atoms with E-state index in [2.05, 4.69) is 64.0 Å². The second kappa shape index (κ2) is 8.93. The summed E-state index contributed by atoms with van der Waals surface area (Å²) in [6.45, 7) is 4.90. The van der Waals surface area contributed by atoms with E-state index in [1.165, 1.54) is 5.56 Å². The second-order valence-electron chi connectivity index (χ2n) is 5.45.